The Bertz CT molecular complexity index is 672. The average molecular weight is 308 g/mol. The van der Waals surface area contributed by atoms with Gasteiger partial charge in [-0.1, -0.05) is 11.8 Å². The normalized spacial score (nSPS) is 16.4. The number of hydrogen-bond acceptors (Lipinski definition) is 6. The first-order chi connectivity index (χ1) is 9.66. The molecule has 20 heavy (non-hydrogen) atoms. The SMILES string of the molecule is C[C@@H](Sc1ncnc2sccc12)C(=O)N1CCNC1=O. The predicted molar refractivity (Wildman–Crippen MR) is 77.8 cm³/mol. The molecule has 0 radical (unpaired) electrons. The van der Waals surface area contributed by atoms with Crippen molar-refractivity contribution in [2.45, 2.75) is 17.2 Å². The summed E-state index contributed by atoms with van der Waals surface area (Å²) >= 11 is 2.90. The molecule has 2 aromatic heterocycles. The first-order valence-electron chi connectivity index (χ1n) is 6.11. The Morgan fingerprint density at radius 1 is 1.55 bits per heavy atom. The maximum Gasteiger partial charge on any atom is 0.324 e. The van der Waals surface area contributed by atoms with E-state index in [0.717, 1.165) is 15.2 Å². The molecule has 1 saturated heterocycles. The molecule has 0 unspecified atom stereocenters. The van der Waals surface area contributed by atoms with E-state index in [4.69, 9.17) is 0 Å². The van der Waals surface area contributed by atoms with Crippen LogP contribution in [0.1, 0.15) is 6.92 Å². The number of aromatic nitrogens is 2. The Labute approximate surface area is 123 Å². The van der Waals surface area contributed by atoms with Crippen molar-refractivity contribution in [1.29, 1.82) is 0 Å². The summed E-state index contributed by atoms with van der Waals surface area (Å²) in [6.45, 7) is 2.74. The summed E-state index contributed by atoms with van der Waals surface area (Å²) in [6, 6.07) is 1.63. The fraction of sp³-hybridized carbons (Fsp3) is 0.333. The van der Waals surface area contributed by atoms with E-state index in [2.05, 4.69) is 15.3 Å². The fourth-order valence-corrected chi connectivity index (χ4v) is 3.74. The number of carbonyl (C=O) groups is 2. The second kappa shape index (κ2) is 5.37. The quantitative estimate of drug-likeness (QED) is 0.690. The first-order valence-corrected chi connectivity index (χ1v) is 7.87. The van der Waals surface area contributed by atoms with Crippen LogP contribution in [0.2, 0.25) is 0 Å². The van der Waals surface area contributed by atoms with E-state index in [1.807, 2.05) is 11.4 Å². The molecule has 8 heteroatoms. The van der Waals surface area contributed by atoms with E-state index in [9.17, 15) is 9.59 Å². The van der Waals surface area contributed by atoms with Gasteiger partial charge in [0.15, 0.2) is 0 Å². The van der Waals surface area contributed by atoms with Gasteiger partial charge in [0.1, 0.15) is 16.2 Å². The number of nitrogens with one attached hydrogen (secondary N) is 1. The van der Waals surface area contributed by atoms with Gasteiger partial charge in [-0.15, -0.1) is 11.3 Å². The van der Waals surface area contributed by atoms with Crippen LogP contribution in [-0.4, -0.2) is 45.1 Å². The third-order valence-corrected chi connectivity index (χ3v) is 4.91. The van der Waals surface area contributed by atoms with E-state index in [1.54, 1.807) is 6.92 Å². The van der Waals surface area contributed by atoms with Crippen molar-refractivity contribution in [2.24, 2.45) is 0 Å². The molecule has 0 aromatic carbocycles. The highest BCUT2D eigenvalue weighted by Gasteiger charge is 2.30. The van der Waals surface area contributed by atoms with Gasteiger partial charge in [0.2, 0.25) is 5.91 Å². The molecule has 3 rings (SSSR count). The summed E-state index contributed by atoms with van der Waals surface area (Å²) in [5.74, 6) is -0.188. The van der Waals surface area contributed by atoms with Crippen LogP contribution in [0, 0.1) is 0 Å². The number of thioether (sulfide) groups is 1. The molecule has 1 aliphatic rings. The highest BCUT2D eigenvalue weighted by atomic mass is 32.2. The second-order valence-electron chi connectivity index (χ2n) is 4.30. The number of carbonyl (C=O) groups excluding carboxylic acids is 2. The van der Waals surface area contributed by atoms with Crippen molar-refractivity contribution in [3.63, 3.8) is 0 Å². The monoisotopic (exact) mass is 308 g/mol. The standard InChI is InChI=1S/C12H12N4O2S2/c1-7(11(17)16-4-3-13-12(16)18)20-10-8-2-5-19-9(8)14-6-15-10/h2,5-7H,3-4H2,1H3,(H,13,18)/t7-/m1/s1. The molecule has 1 atom stereocenters. The van der Waals surface area contributed by atoms with E-state index in [-0.39, 0.29) is 17.2 Å². The van der Waals surface area contributed by atoms with Crippen molar-refractivity contribution in [3.8, 4) is 0 Å². The van der Waals surface area contributed by atoms with Crippen molar-refractivity contribution < 1.29 is 9.59 Å². The van der Waals surface area contributed by atoms with Gasteiger partial charge < -0.3 is 5.32 Å². The van der Waals surface area contributed by atoms with E-state index >= 15 is 0 Å². The Morgan fingerprint density at radius 2 is 2.40 bits per heavy atom. The molecule has 2 aromatic rings. The summed E-state index contributed by atoms with van der Waals surface area (Å²) in [5.41, 5.74) is 0. The lowest BCUT2D eigenvalue weighted by molar-refractivity contribution is -0.126. The van der Waals surface area contributed by atoms with E-state index in [1.165, 1.54) is 34.3 Å². The van der Waals surface area contributed by atoms with Gasteiger partial charge >= 0.3 is 6.03 Å². The molecule has 0 bridgehead atoms. The third kappa shape index (κ3) is 2.36. The molecule has 6 nitrogen and oxygen atoms in total. The number of nitrogens with zero attached hydrogens (tertiary/aromatic N) is 3. The van der Waals surface area contributed by atoms with Crippen LogP contribution >= 0.6 is 23.1 Å². The van der Waals surface area contributed by atoms with Gasteiger partial charge in [0.25, 0.3) is 0 Å². The second-order valence-corrected chi connectivity index (χ2v) is 6.52. The number of thiophene rings is 1. The molecule has 3 heterocycles. The zero-order valence-corrected chi connectivity index (χ0v) is 12.3. The molecule has 1 N–H and O–H groups in total. The van der Waals surface area contributed by atoms with Crippen LogP contribution < -0.4 is 5.32 Å². The predicted octanol–water partition coefficient (Wildman–Crippen LogP) is 1.72. The number of fused-ring (bicyclic) bond motifs is 1. The average Bonchev–Trinajstić information content (AvgIpc) is 3.06. The lowest BCUT2D eigenvalue weighted by Gasteiger charge is -2.17. The lowest BCUT2D eigenvalue weighted by atomic mass is 10.4. The van der Waals surface area contributed by atoms with E-state index < -0.39 is 0 Å². The van der Waals surface area contributed by atoms with Crippen molar-refractivity contribution in [2.75, 3.05) is 13.1 Å². The van der Waals surface area contributed by atoms with Crippen molar-refractivity contribution in [1.82, 2.24) is 20.2 Å². The first kappa shape index (κ1) is 13.3. The minimum Gasteiger partial charge on any atom is -0.336 e. The molecule has 0 saturated carbocycles. The molecule has 0 spiro atoms. The van der Waals surface area contributed by atoms with Gasteiger partial charge in [-0.05, 0) is 18.4 Å². The number of urea groups is 1. The fourth-order valence-electron chi connectivity index (χ4n) is 1.98. The van der Waals surface area contributed by atoms with Gasteiger partial charge in [-0.25, -0.2) is 14.8 Å². The highest BCUT2D eigenvalue weighted by molar-refractivity contribution is 8.00. The van der Waals surface area contributed by atoms with Crippen molar-refractivity contribution >= 4 is 45.3 Å². The topological polar surface area (TPSA) is 75.2 Å². The van der Waals surface area contributed by atoms with Gasteiger partial charge in [0, 0.05) is 18.5 Å². The molecule has 1 aliphatic heterocycles. The van der Waals surface area contributed by atoms with Crippen LogP contribution in [0.3, 0.4) is 0 Å². The van der Waals surface area contributed by atoms with Crippen LogP contribution in [-0.2, 0) is 4.79 Å². The zero-order valence-electron chi connectivity index (χ0n) is 10.7. The smallest absolute Gasteiger partial charge is 0.324 e. The van der Waals surface area contributed by atoms with Gasteiger partial charge in [0.05, 0.1) is 5.25 Å². The summed E-state index contributed by atoms with van der Waals surface area (Å²) < 4.78 is 0. The maximum atomic E-state index is 12.2. The van der Waals surface area contributed by atoms with Crippen LogP contribution in [0.5, 0.6) is 0 Å². The van der Waals surface area contributed by atoms with Crippen molar-refractivity contribution in [3.05, 3.63) is 17.8 Å². The third-order valence-electron chi connectivity index (χ3n) is 2.98. The molecular weight excluding hydrogens is 296 g/mol. The van der Waals surface area contributed by atoms with Gasteiger partial charge in [-0.2, -0.15) is 0 Å². The number of imide groups is 1. The lowest BCUT2D eigenvalue weighted by Crippen LogP contribution is -2.38. The summed E-state index contributed by atoms with van der Waals surface area (Å²) in [4.78, 5) is 34.3. The minimum atomic E-state index is -0.364. The molecule has 104 valence electrons. The van der Waals surface area contributed by atoms with Crippen LogP contribution in [0.25, 0.3) is 10.2 Å². The molecule has 3 amide bonds. The van der Waals surface area contributed by atoms with E-state index in [0.29, 0.717) is 13.1 Å². The summed E-state index contributed by atoms with van der Waals surface area (Å²) in [6.07, 6.45) is 1.50. The molecule has 0 aliphatic carbocycles. The minimum absolute atomic E-state index is 0.188. The summed E-state index contributed by atoms with van der Waals surface area (Å²) in [5, 5.41) is 5.94. The Balaban J connectivity index is 1.78. The Morgan fingerprint density at radius 3 is 3.15 bits per heavy atom. The summed E-state index contributed by atoms with van der Waals surface area (Å²) in [7, 11) is 0. The number of hydrogen-bond donors (Lipinski definition) is 1. The van der Waals surface area contributed by atoms with Crippen LogP contribution in [0.4, 0.5) is 4.79 Å². The number of rotatable bonds is 3. The Kier molecular flexibility index (Phi) is 3.58. The Hall–Kier alpha value is -1.67. The molecule has 1 fully saturated rings. The zero-order chi connectivity index (χ0) is 14.1. The van der Waals surface area contributed by atoms with Gasteiger partial charge in [-0.3, -0.25) is 9.69 Å². The largest absolute Gasteiger partial charge is 0.336 e. The maximum absolute atomic E-state index is 12.2. The van der Waals surface area contributed by atoms with Crippen LogP contribution in [0.15, 0.2) is 22.8 Å². The highest BCUT2D eigenvalue weighted by Crippen LogP contribution is 2.31. The number of amides is 3. The molecular formula is C12H12N4O2S2.